The number of halogens is 2. The number of nitrogen functional groups attached to an aromatic ring is 1. The van der Waals surface area contributed by atoms with E-state index >= 15 is 0 Å². The minimum Gasteiger partial charge on any atom is -0.399 e. The number of nitrogens with one attached hydrogen (secondary N) is 1. The Morgan fingerprint density at radius 2 is 1.81 bits per heavy atom. The molecule has 0 radical (unpaired) electrons. The molecule has 27 heavy (non-hydrogen) atoms. The van der Waals surface area contributed by atoms with Crippen molar-refractivity contribution in [3.8, 4) is 0 Å². The minimum absolute atomic E-state index is 0. The fourth-order valence-electron chi connectivity index (χ4n) is 6.30. The average molecular weight is 412 g/mol. The number of amides is 1. The lowest BCUT2D eigenvalue weighted by Crippen LogP contribution is -2.60. The molecule has 0 spiro atoms. The average Bonchev–Trinajstić information content (AvgIpc) is 2.57. The van der Waals surface area contributed by atoms with E-state index in [1.54, 1.807) is 18.2 Å². The number of carbonyl (C=O) groups is 1. The molecule has 1 aromatic rings. The van der Waals surface area contributed by atoms with Gasteiger partial charge in [-0.25, -0.2) is 0 Å². The molecule has 0 atom stereocenters. The van der Waals surface area contributed by atoms with Gasteiger partial charge in [-0.05, 0) is 81.0 Å². The van der Waals surface area contributed by atoms with E-state index in [-0.39, 0.29) is 18.3 Å². The van der Waals surface area contributed by atoms with Crippen LogP contribution in [0.5, 0.6) is 0 Å². The highest BCUT2D eigenvalue weighted by atomic mass is 35.5. The summed E-state index contributed by atoms with van der Waals surface area (Å²) in [6.45, 7) is 4.90. The Labute approximate surface area is 173 Å². The van der Waals surface area contributed by atoms with Gasteiger partial charge in [0.2, 0.25) is 0 Å². The molecule has 0 unspecified atom stereocenters. The van der Waals surface area contributed by atoms with Crippen molar-refractivity contribution in [3.63, 3.8) is 0 Å². The van der Waals surface area contributed by atoms with Crippen LogP contribution in [0, 0.1) is 17.8 Å². The van der Waals surface area contributed by atoms with Crippen LogP contribution in [0.1, 0.15) is 55.8 Å². The normalized spacial score (nSPS) is 31.0. The van der Waals surface area contributed by atoms with Crippen molar-refractivity contribution in [2.75, 3.05) is 25.4 Å². The van der Waals surface area contributed by atoms with E-state index in [1.807, 2.05) is 0 Å². The van der Waals surface area contributed by atoms with Crippen molar-refractivity contribution in [2.24, 2.45) is 17.8 Å². The lowest BCUT2D eigenvalue weighted by atomic mass is 9.52. The third kappa shape index (κ3) is 4.08. The molecule has 4 aliphatic carbocycles. The Balaban J connectivity index is 0.00000210. The van der Waals surface area contributed by atoms with Crippen LogP contribution in [0.2, 0.25) is 5.02 Å². The first-order chi connectivity index (χ1) is 12.5. The Hall–Kier alpha value is -0.970. The summed E-state index contributed by atoms with van der Waals surface area (Å²) in [4.78, 5) is 15.1. The minimum atomic E-state index is -0.114. The molecule has 5 rings (SSSR count). The SMILES string of the molecule is CCN(CCNC(=O)c1ccc(N)cc1Cl)C12CC3CC(CC(C3)C1)C2.Cl. The summed E-state index contributed by atoms with van der Waals surface area (Å²) in [6.07, 6.45) is 8.48. The largest absolute Gasteiger partial charge is 0.399 e. The van der Waals surface area contributed by atoms with E-state index in [4.69, 9.17) is 17.3 Å². The molecule has 0 saturated heterocycles. The van der Waals surface area contributed by atoms with Gasteiger partial charge in [0, 0.05) is 24.3 Å². The van der Waals surface area contributed by atoms with Gasteiger partial charge in [-0.3, -0.25) is 9.69 Å². The number of hydrogen-bond acceptors (Lipinski definition) is 3. The Morgan fingerprint density at radius 3 is 2.33 bits per heavy atom. The zero-order valence-electron chi connectivity index (χ0n) is 16.0. The highest BCUT2D eigenvalue weighted by Gasteiger charge is 2.52. The summed E-state index contributed by atoms with van der Waals surface area (Å²) < 4.78 is 0. The molecule has 0 aromatic heterocycles. The van der Waals surface area contributed by atoms with Crippen LogP contribution >= 0.6 is 24.0 Å². The molecule has 0 aliphatic heterocycles. The molecule has 4 fully saturated rings. The smallest absolute Gasteiger partial charge is 0.252 e. The molecule has 150 valence electrons. The number of hydrogen-bond donors (Lipinski definition) is 2. The maximum absolute atomic E-state index is 12.4. The number of nitrogens with zero attached hydrogens (tertiary/aromatic N) is 1. The van der Waals surface area contributed by atoms with Gasteiger partial charge in [0.05, 0.1) is 10.6 Å². The number of anilines is 1. The molecule has 3 N–H and O–H groups in total. The van der Waals surface area contributed by atoms with E-state index in [1.165, 1.54) is 38.5 Å². The second-order valence-electron chi connectivity index (χ2n) is 8.72. The first kappa shape index (κ1) is 20.8. The molecular weight excluding hydrogens is 381 g/mol. The van der Waals surface area contributed by atoms with Gasteiger partial charge in [0.15, 0.2) is 0 Å². The van der Waals surface area contributed by atoms with Crippen LogP contribution in [-0.2, 0) is 0 Å². The Morgan fingerprint density at radius 1 is 1.22 bits per heavy atom. The molecule has 1 amide bonds. The Bertz CT molecular complexity index is 659. The predicted molar refractivity (Wildman–Crippen MR) is 114 cm³/mol. The van der Waals surface area contributed by atoms with Crippen molar-refractivity contribution >= 4 is 35.6 Å². The Kier molecular flexibility index (Phi) is 6.29. The first-order valence-corrected chi connectivity index (χ1v) is 10.4. The fraction of sp³-hybridized carbons (Fsp3) is 0.667. The molecule has 4 aliphatic rings. The monoisotopic (exact) mass is 411 g/mol. The molecule has 4 bridgehead atoms. The van der Waals surface area contributed by atoms with E-state index in [9.17, 15) is 4.79 Å². The summed E-state index contributed by atoms with van der Waals surface area (Å²) in [5.41, 5.74) is 7.18. The topological polar surface area (TPSA) is 58.4 Å². The fourth-order valence-corrected chi connectivity index (χ4v) is 6.57. The lowest BCUT2D eigenvalue weighted by molar-refractivity contribution is -0.0863. The number of carbonyl (C=O) groups excluding carboxylic acids is 1. The molecule has 4 saturated carbocycles. The van der Waals surface area contributed by atoms with Gasteiger partial charge < -0.3 is 11.1 Å². The van der Waals surface area contributed by atoms with Crippen LogP contribution in [0.25, 0.3) is 0 Å². The van der Waals surface area contributed by atoms with Crippen molar-refractivity contribution in [1.82, 2.24) is 10.2 Å². The number of likely N-dealkylation sites (N-methyl/N-ethyl adjacent to an activating group) is 1. The van der Waals surface area contributed by atoms with Crippen LogP contribution in [0.4, 0.5) is 5.69 Å². The quantitative estimate of drug-likeness (QED) is 0.683. The van der Waals surface area contributed by atoms with Gasteiger partial charge in [-0.15, -0.1) is 12.4 Å². The van der Waals surface area contributed by atoms with Crippen LogP contribution in [0.15, 0.2) is 18.2 Å². The zero-order chi connectivity index (χ0) is 18.3. The van der Waals surface area contributed by atoms with Gasteiger partial charge in [-0.2, -0.15) is 0 Å². The highest BCUT2D eigenvalue weighted by Crippen LogP contribution is 2.57. The number of benzene rings is 1. The van der Waals surface area contributed by atoms with Gasteiger partial charge >= 0.3 is 0 Å². The molecule has 1 aromatic carbocycles. The van der Waals surface area contributed by atoms with E-state index in [2.05, 4.69) is 17.1 Å². The maximum atomic E-state index is 12.4. The predicted octanol–water partition coefficient (Wildman–Crippen LogP) is 4.36. The van der Waals surface area contributed by atoms with Gasteiger partial charge in [0.1, 0.15) is 0 Å². The summed E-state index contributed by atoms with van der Waals surface area (Å²) >= 11 is 6.15. The van der Waals surface area contributed by atoms with E-state index in [0.29, 0.717) is 28.4 Å². The van der Waals surface area contributed by atoms with E-state index in [0.717, 1.165) is 30.8 Å². The van der Waals surface area contributed by atoms with Crippen molar-refractivity contribution < 1.29 is 4.79 Å². The second kappa shape index (κ2) is 8.18. The highest BCUT2D eigenvalue weighted by molar-refractivity contribution is 6.34. The lowest BCUT2D eigenvalue weighted by Gasteiger charge is -2.60. The molecule has 0 heterocycles. The van der Waals surface area contributed by atoms with Crippen molar-refractivity contribution in [1.29, 1.82) is 0 Å². The van der Waals surface area contributed by atoms with Crippen molar-refractivity contribution in [2.45, 2.75) is 51.0 Å². The third-order valence-corrected chi connectivity index (χ3v) is 7.28. The molecule has 4 nitrogen and oxygen atoms in total. The zero-order valence-corrected chi connectivity index (χ0v) is 17.6. The number of nitrogens with two attached hydrogens (primary N) is 1. The summed E-state index contributed by atoms with van der Waals surface area (Å²) in [7, 11) is 0. The first-order valence-electron chi connectivity index (χ1n) is 10.1. The third-order valence-electron chi connectivity index (χ3n) is 6.96. The van der Waals surface area contributed by atoms with Crippen LogP contribution in [-0.4, -0.2) is 36.0 Å². The maximum Gasteiger partial charge on any atom is 0.252 e. The van der Waals surface area contributed by atoms with Crippen LogP contribution in [0.3, 0.4) is 0 Å². The van der Waals surface area contributed by atoms with Gasteiger partial charge in [0.25, 0.3) is 5.91 Å². The van der Waals surface area contributed by atoms with Crippen molar-refractivity contribution in [3.05, 3.63) is 28.8 Å². The summed E-state index contributed by atoms with van der Waals surface area (Å²) in [6, 6.07) is 5.04. The molecule has 6 heteroatoms. The van der Waals surface area contributed by atoms with Crippen LogP contribution < -0.4 is 11.1 Å². The van der Waals surface area contributed by atoms with E-state index < -0.39 is 0 Å². The summed E-state index contributed by atoms with van der Waals surface area (Å²) in [5.74, 6) is 2.71. The van der Waals surface area contributed by atoms with Gasteiger partial charge in [-0.1, -0.05) is 18.5 Å². The standard InChI is InChI=1S/C21H30ClN3O.ClH/c1-2-25(21-11-14-7-15(12-21)9-16(8-14)13-21)6-5-24-20(26)18-4-3-17(23)10-19(18)22;/h3-4,10,14-16H,2,5-9,11-13,23H2,1H3,(H,24,26);1H. The second-order valence-corrected chi connectivity index (χ2v) is 9.12. The molecular formula is C21H31Cl2N3O. The summed E-state index contributed by atoms with van der Waals surface area (Å²) in [5, 5.41) is 3.46. The number of rotatable bonds is 6.